The minimum Gasteiger partial charge on any atom is -0.493 e. The van der Waals surface area contributed by atoms with E-state index < -0.39 is 6.10 Å². The van der Waals surface area contributed by atoms with Gasteiger partial charge in [0.05, 0.1) is 18.6 Å². The molecular weight excluding hydrogens is 404 g/mol. The van der Waals surface area contributed by atoms with Gasteiger partial charge in [0, 0.05) is 36.6 Å². The molecule has 0 saturated carbocycles. The van der Waals surface area contributed by atoms with Crippen molar-refractivity contribution in [3.63, 3.8) is 0 Å². The Hall–Kier alpha value is -1.31. The molecule has 134 valence electrons. The van der Waals surface area contributed by atoms with Crippen LogP contribution >= 0.6 is 28.1 Å². The Morgan fingerprint density at radius 2 is 2.36 bits per heavy atom. The summed E-state index contributed by atoms with van der Waals surface area (Å²) in [6.45, 7) is 1.53. The van der Waals surface area contributed by atoms with Gasteiger partial charge in [0.25, 0.3) is 0 Å². The summed E-state index contributed by atoms with van der Waals surface area (Å²) in [5, 5.41) is 13.9. The average Bonchev–Trinajstić information content (AvgIpc) is 2.82. The van der Waals surface area contributed by atoms with Crippen LogP contribution in [-0.4, -0.2) is 48.0 Å². The second kappa shape index (κ2) is 6.14. The number of aliphatic hydroxyl groups is 1. The summed E-state index contributed by atoms with van der Waals surface area (Å²) in [6.07, 6.45) is 4.94. The molecule has 0 radical (unpaired) electrons. The molecule has 0 saturated heterocycles. The van der Waals surface area contributed by atoms with E-state index >= 15 is 0 Å². The molecule has 2 aliphatic heterocycles. The molecule has 5 nitrogen and oxygen atoms in total. The zero-order valence-corrected chi connectivity index (χ0v) is 16.6. The number of hydrogen-bond donors (Lipinski definition) is 2. The predicted octanol–water partition coefficient (Wildman–Crippen LogP) is 2.49. The normalized spacial score (nSPS) is 29.4. The predicted molar refractivity (Wildman–Crippen MR) is 103 cm³/mol. The molecule has 0 fully saturated rings. The molecular formula is C18H21BrN2O3S. The van der Waals surface area contributed by atoms with Gasteiger partial charge in [-0.2, -0.15) is 0 Å². The average molecular weight is 425 g/mol. The molecule has 7 heteroatoms. The van der Waals surface area contributed by atoms with E-state index in [0.29, 0.717) is 13.0 Å². The lowest BCUT2D eigenvalue weighted by molar-refractivity contribution is 0.0833. The molecule has 0 unspecified atom stereocenters. The van der Waals surface area contributed by atoms with Gasteiger partial charge in [0.2, 0.25) is 0 Å². The number of nitrogens with one attached hydrogen (secondary N) is 1. The fraction of sp³-hybridized carbons (Fsp3) is 0.500. The summed E-state index contributed by atoms with van der Waals surface area (Å²) in [5.41, 5.74) is 2.10. The maximum atomic E-state index is 10.1. The molecule has 4 rings (SSSR count). The quantitative estimate of drug-likeness (QED) is 0.533. The van der Waals surface area contributed by atoms with Crippen molar-refractivity contribution < 1.29 is 14.6 Å². The van der Waals surface area contributed by atoms with E-state index in [2.05, 4.69) is 32.2 Å². The number of hydrogen-bond acceptors (Lipinski definition) is 4. The van der Waals surface area contributed by atoms with Gasteiger partial charge in [-0.25, -0.2) is 0 Å². The molecule has 0 bridgehead atoms. The maximum Gasteiger partial charge on any atom is 0.168 e. The van der Waals surface area contributed by atoms with Gasteiger partial charge in [-0.1, -0.05) is 28.1 Å². The van der Waals surface area contributed by atoms with Crippen LogP contribution in [0.3, 0.4) is 0 Å². The number of aliphatic hydroxyl groups excluding tert-OH is 1. The van der Waals surface area contributed by atoms with E-state index in [1.54, 1.807) is 7.11 Å². The minimum atomic E-state index is -0.472. The monoisotopic (exact) mass is 424 g/mol. The molecule has 0 amide bonds. The molecule has 3 atom stereocenters. The van der Waals surface area contributed by atoms with Crippen molar-refractivity contribution in [3.05, 3.63) is 33.8 Å². The third-order valence-electron chi connectivity index (χ3n) is 5.54. The van der Waals surface area contributed by atoms with Crippen LogP contribution in [0.15, 0.2) is 22.7 Å². The van der Waals surface area contributed by atoms with E-state index in [1.807, 2.05) is 19.2 Å². The summed E-state index contributed by atoms with van der Waals surface area (Å²) < 4.78 is 12.9. The van der Waals surface area contributed by atoms with Crippen molar-refractivity contribution in [2.24, 2.45) is 0 Å². The van der Waals surface area contributed by atoms with Gasteiger partial charge in [-0.3, -0.25) is 0 Å². The molecule has 1 aromatic rings. The first-order chi connectivity index (χ1) is 12.0. The lowest BCUT2D eigenvalue weighted by Crippen LogP contribution is -2.44. The number of methoxy groups -OCH3 is 1. The lowest BCUT2D eigenvalue weighted by atomic mass is 9.69. The van der Waals surface area contributed by atoms with Gasteiger partial charge in [-0.05, 0) is 30.3 Å². The number of rotatable bonds is 1. The highest BCUT2D eigenvalue weighted by atomic mass is 79.9. The van der Waals surface area contributed by atoms with E-state index in [9.17, 15) is 5.11 Å². The Labute approximate surface area is 161 Å². The van der Waals surface area contributed by atoms with E-state index in [-0.39, 0.29) is 11.5 Å². The highest BCUT2D eigenvalue weighted by Gasteiger charge is 2.53. The van der Waals surface area contributed by atoms with Crippen molar-refractivity contribution >= 4 is 33.3 Å². The van der Waals surface area contributed by atoms with Crippen LogP contribution in [0.2, 0.25) is 0 Å². The van der Waals surface area contributed by atoms with Crippen LogP contribution < -0.4 is 14.8 Å². The lowest BCUT2D eigenvalue weighted by Gasteiger charge is -2.36. The first kappa shape index (κ1) is 17.1. The molecule has 1 aliphatic carbocycles. The fourth-order valence-corrected chi connectivity index (χ4v) is 4.98. The zero-order valence-electron chi connectivity index (χ0n) is 14.2. The van der Waals surface area contributed by atoms with E-state index in [1.165, 1.54) is 11.1 Å². The molecule has 1 aromatic carbocycles. The highest BCUT2D eigenvalue weighted by Crippen LogP contribution is 2.57. The zero-order chi connectivity index (χ0) is 17.8. The van der Waals surface area contributed by atoms with Crippen molar-refractivity contribution in [2.45, 2.75) is 37.0 Å². The molecule has 2 N–H and O–H groups in total. The molecule has 0 aromatic heterocycles. The Bertz CT molecular complexity index is 769. The van der Waals surface area contributed by atoms with E-state index in [4.69, 9.17) is 21.7 Å². The van der Waals surface area contributed by atoms with Crippen LogP contribution in [0, 0.1) is 0 Å². The Kier molecular flexibility index (Phi) is 4.21. The Morgan fingerprint density at radius 3 is 3.08 bits per heavy atom. The Balaban J connectivity index is 1.93. The fourth-order valence-electron chi connectivity index (χ4n) is 4.29. The molecule has 3 aliphatic rings. The van der Waals surface area contributed by atoms with Gasteiger partial charge < -0.3 is 24.8 Å². The number of ether oxygens (including phenoxy) is 2. The van der Waals surface area contributed by atoms with Gasteiger partial charge >= 0.3 is 0 Å². The second-order valence-electron chi connectivity index (χ2n) is 6.78. The second-order valence-corrected chi connectivity index (χ2v) is 8.02. The SMILES string of the molecule is CNC(=S)N1CC[C@]23C=C[C@H](O)C[C@H]2Oc2c(OC)cc(Br)c(c23)C1. The smallest absolute Gasteiger partial charge is 0.168 e. The van der Waals surface area contributed by atoms with Crippen molar-refractivity contribution in [1.82, 2.24) is 10.2 Å². The van der Waals surface area contributed by atoms with Crippen molar-refractivity contribution in [1.29, 1.82) is 0 Å². The van der Waals surface area contributed by atoms with Crippen LogP contribution in [0.1, 0.15) is 24.0 Å². The first-order valence-corrected chi connectivity index (χ1v) is 9.61. The first-order valence-electron chi connectivity index (χ1n) is 8.40. The van der Waals surface area contributed by atoms with Crippen LogP contribution in [0.25, 0.3) is 0 Å². The van der Waals surface area contributed by atoms with Gasteiger partial charge in [-0.15, -0.1) is 0 Å². The maximum absolute atomic E-state index is 10.1. The summed E-state index contributed by atoms with van der Waals surface area (Å²) >= 11 is 9.22. The number of thiocarbonyl (C=S) groups is 1. The molecule has 2 heterocycles. The highest BCUT2D eigenvalue weighted by molar-refractivity contribution is 9.10. The third kappa shape index (κ3) is 2.47. The number of halogens is 1. The van der Waals surface area contributed by atoms with Crippen molar-refractivity contribution in [2.75, 3.05) is 20.7 Å². The summed E-state index contributed by atoms with van der Waals surface area (Å²) in [6, 6.07) is 1.96. The van der Waals surface area contributed by atoms with Gasteiger partial charge in [0.15, 0.2) is 16.6 Å². The van der Waals surface area contributed by atoms with Crippen LogP contribution in [0.4, 0.5) is 0 Å². The van der Waals surface area contributed by atoms with Crippen LogP contribution in [0.5, 0.6) is 11.5 Å². The summed E-state index contributed by atoms with van der Waals surface area (Å²) in [7, 11) is 3.51. The number of nitrogens with zero attached hydrogens (tertiary/aromatic N) is 1. The molecule has 1 spiro atoms. The minimum absolute atomic E-state index is 0.0902. The van der Waals surface area contributed by atoms with E-state index in [0.717, 1.165) is 34.0 Å². The number of benzene rings is 1. The largest absolute Gasteiger partial charge is 0.493 e. The standard InChI is InChI=1S/C18H21BrN2O3S/c1-20-17(25)21-6-5-18-4-3-10(22)7-14(18)24-16-13(23-2)8-12(19)11(9-21)15(16)18/h3-4,8,10,14,22H,5-7,9H2,1-2H3,(H,20,25)/t10-,14+,18+/m0/s1. The van der Waals surface area contributed by atoms with Gasteiger partial charge in [0.1, 0.15) is 6.10 Å². The van der Waals surface area contributed by atoms with Crippen molar-refractivity contribution in [3.8, 4) is 11.5 Å². The molecule has 25 heavy (non-hydrogen) atoms. The third-order valence-corrected chi connectivity index (χ3v) is 6.71. The summed E-state index contributed by atoms with van der Waals surface area (Å²) in [4.78, 5) is 2.19. The Morgan fingerprint density at radius 1 is 1.56 bits per heavy atom. The topological polar surface area (TPSA) is 54.0 Å². The van der Waals surface area contributed by atoms with Crippen LogP contribution in [-0.2, 0) is 12.0 Å². The summed E-state index contributed by atoms with van der Waals surface area (Å²) in [5.74, 6) is 1.54.